The first kappa shape index (κ1) is 14.5. The SMILES string of the molecule is CCN(CC)C1(C(N)c2ccc(F)cc2)CCCC1. The predicted octanol–water partition coefficient (Wildman–Crippen LogP) is 3.48. The van der Waals surface area contributed by atoms with Gasteiger partial charge in [-0.25, -0.2) is 4.39 Å². The van der Waals surface area contributed by atoms with E-state index in [1.165, 1.54) is 25.0 Å². The Morgan fingerprint density at radius 2 is 1.68 bits per heavy atom. The summed E-state index contributed by atoms with van der Waals surface area (Å²) in [4.78, 5) is 2.49. The smallest absolute Gasteiger partial charge is 0.123 e. The van der Waals surface area contributed by atoms with Gasteiger partial charge in [0.2, 0.25) is 0 Å². The molecule has 1 fully saturated rings. The van der Waals surface area contributed by atoms with Crippen LogP contribution in [0.4, 0.5) is 4.39 Å². The molecule has 2 N–H and O–H groups in total. The highest BCUT2D eigenvalue weighted by molar-refractivity contribution is 5.24. The Bertz CT molecular complexity index is 392. The molecule has 0 aromatic heterocycles. The van der Waals surface area contributed by atoms with Gasteiger partial charge in [-0.2, -0.15) is 0 Å². The molecule has 19 heavy (non-hydrogen) atoms. The average molecular weight is 264 g/mol. The van der Waals surface area contributed by atoms with E-state index in [1.807, 2.05) is 12.1 Å². The van der Waals surface area contributed by atoms with Gasteiger partial charge < -0.3 is 5.73 Å². The molecule has 106 valence electrons. The third-order valence-corrected chi connectivity index (χ3v) is 4.67. The number of halogens is 1. The third kappa shape index (κ3) is 2.67. The maximum absolute atomic E-state index is 13.1. The third-order valence-electron chi connectivity index (χ3n) is 4.67. The Labute approximate surface area is 115 Å². The summed E-state index contributed by atoms with van der Waals surface area (Å²) in [6, 6.07) is 6.67. The molecule has 0 amide bonds. The van der Waals surface area contributed by atoms with Crippen molar-refractivity contribution < 1.29 is 4.39 Å². The summed E-state index contributed by atoms with van der Waals surface area (Å²) < 4.78 is 13.1. The molecule has 1 aromatic carbocycles. The second kappa shape index (κ2) is 6.02. The molecule has 2 rings (SSSR count). The van der Waals surface area contributed by atoms with Crippen LogP contribution in [-0.4, -0.2) is 23.5 Å². The van der Waals surface area contributed by atoms with E-state index in [4.69, 9.17) is 5.73 Å². The van der Waals surface area contributed by atoms with E-state index in [-0.39, 0.29) is 17.4 Å². The Kier molecular flexibility index (Phi) is 4.58. The van der Waals surface area contributed by atoms with Crippen LogP contribution in [0.1, 0.15) is 51.1 Å². The molecule has 0 heterocycles. The van der Waals surface area contributed by atoms with Crippen molar-refractivity contribution in [2.24, 2.45) is 5.73 Å². The molecule has 1 atom stereocenters. The largest absolute Gasteiger partial charge is 0.322 e. The monoisotopic (exact) mass is 264 g/mol. The summed E-state index contributed by atoms with van der Waals surface area (Å²) >= 11 is 0. The van der Waals surface area contributed by atoms with Crippen LogP contribution in [0.15, 0.2) is 24.3 Å². The summed E-state index contributed by atoms with van der Waals surface area (Å²) in [6.45, 7) is 6.43. The van der Waals surface area contributed by atoms with Crippen LogP contribution in [0.3, 0.4) is 0 Å². The van der Waals surface area contributed by atoms with E-state index in [0.29, 0.717) is 0 Å². The van der Waals surface area contributed by atoms with Gasteiger partial charge in [0.1, 0.15) is 5.82 Å². The van der Waals surface area contributed by atoms with Crippen molar-refractivity contribution in [2.75, 3.05) is 13.1 Å². The van der Waals surface area contributed by atoms with Crippen molar-refractivity contribution >= 4 is 0 Å². The molecule has 1 saturated carbocycles. The lowest BCUT2D eigenvalue weighted by Gasteiger charge is -2.45. The molecular weight excluding hydrogens is 239 g/mol. The van der Waals surface area contributed by atoms with Crippen molar-refractivity contribution in [3.63, 3.8) is 0 Å². The summed E-state index contributed by atoms with van der Waals surface area (Å²) in [5, 5.41) is 0. The second-order valence-corrected chi connectivity index (χ2v) is 5.51. The Morgan fingerprint density at radius 1 is 1.16 bits per heavy atom. The highest BCUT2D eigenvalue weighted by Crippen LogP contribution is 2.43. The van der Waals surface area contributed by atoms with E-state index in [0.717, 1.165) is 31.5 Å². The fraction of sp³-hybridized carbons (Fsp3) is 0.625. The summed E-state index contributed by atoms with van der Waals surface area (Å²) in [7, 11) is 0. The number of nitrogens with zero attached hydrogens (tertiary/aromatic N) is 1. The molecule has 3 heteroatoms. The molecule has 0 radical (unpaired) electrons. The van der Waals surface area contributed by atoms with Crippen molar-refractivity contribution in [1.29, 1.82) is 0 Å². The van der Waals surface area contributed by atoms with E-state index in [9.17, 15) is 4.39 Å². The van der Waals surface area contributed by atoms with Gasteiger partial charge in [0.15, 0.2) is 0 Å². The lowest BCUT2D eigenvalue weighted by atomic mass is 9.82. The zero-order valence-electron chi connectivity index (χ0n) is 12.0. The zero-order chi connectivity index (χ0) is 13.9. The molecule has 0 bridgehead atoms. The lowest BCUT2D eigenvalue weighted by Crippen LogP contribution is -2.53. The molecule has 1 aliphatic rings. The quantitative estimate of drug-likeness (QED) is 0.882. The number of benzene rings is 1. The van der Waals surface area contributed by atoms with Gasteiger partial charge in [0.25, 0.3) is 0 Å². The second-order valence-electron chi connectivity index (χ2n) is 5.51. The first-order chi connectivity index (χ1) is 9.14. The van der Waals surface area contributed by atoms with E-state index < -0.39 is 0 Å². The molecule has 0 saturated heterocycles. The van der Waals surface area contributed by atoms with Crippen molar-refractivity contribution in [3.05, 3.63) is 35.6 Å². The summed E-state index contributed by atoms with van der Waals surface area (Å²) in [5.74, 6) is -0.195. The van der Waals surface area contributed by atoms with E-state index in [2.05, 4.69) is 18.7 Å². The number of hydrogen-bond acceptors (Lipinski definition) is 2. The molecule has 1 aromatic rings. The number of hydrogen-bond donors (Lipinski definition) is 1. The van der Waals surface area contributed by atoms with Gasteiger partial charge in [0, 0.05) is 11.6 Å². The molecule has 1 unspecified atom stereocenters. The highest BCUT2D eigenvalue weighted by atomic mass is 19.1. The standard InChI is InChI=1S/C16H25FN2/c1-3-19(4-2)16(11-5-6-12-16)15(18)13-7-9-14(17)10-8-13/h7-10,15H,3-6,11-12,18H2,1-2H3. The molecule has 0 aliphatic heterocycles. The Morgan fingerprint density at radius 3 is 2.16 bits per heavy atom. The van der Waals surface area contributed by atoms with Crippen LogP contribution in [-0.2, 0) is 0 Å². The fourth-order valence-corrected chi connectivity index (χ4v) is 3.64. The fourth-order valence-electron chi connectivity index (χ4n) is 3.64. The summed E-state index contributed by atoms with van der Waals surface area (Å²) in [6.07, 6.45) is 4.78. The lowest BCUT2D eigenvalue weighted by molar-refractivity contribution is 0.0770. The van der Waals surface area contributed by atoms with Crippen LogP contribution in [0.5, 0.6) is 0 Å². The number of nitrogens with two attached hydrogens (primary N) is 1. The van der Waals surface area contributed by atoms with Crippen LogP contribution in [0.2, 0.25) is 0 Å². The van der Waals surface area contributed by atoms with E-state index in [1.54, 1.807) is 0 Å². The average Bonchev–Trinajstić information content (AvgIpc) is 2.91. The Balaban J connectivity index is 2.30. The number of rotatable bonds is 5. The van der Waals surface area contributed by atoms with Gasteiger partial charge in [-0.3, -0.25) is 4.90 Å². The molecule has 2 nitrogen and oxygen atoms in total. The minimum atomic E-state index is -0.195. The first-order valence-corrected chi connectivity index (χ1v) is 7.40. The van der Waals surface area contributed by atoms with Gasteiger partial charge in [-0.1, -0.05) is 38.8 Å². The van der Waals surface area contributed by atoms with Crippen LogP contribution in [0.25, 0.3) is 0 Å². The van der Waals surface area contributed by atoms with E-state index >= 15 is 0 Å². The van der Waals surface area contributed by atoms with Gasteiger partial charge >= 0.3 is 0 Å². The maximum atomic E-state index is 13.1. The van der Waals surface area contributed by atoms with Gasteiger partial charge in [-0.05, 0) is 43.6 Å². The zero-order valence-corrected chi connectivity index (χ0v) is 12.0. The first-order valence-electron chi connectivity index (χ1n) is 7.40. The van der Waals surface area contributed by atoms with Crippen molar-refractivity contribution in [2.45, 2.75) is 51.1 Å². The minimum absolute atomic E-state index is 0.0319. The molecular formula is C16H25FN2. The molecule has 0 spiro atoms. The maximum Gasteiger partial charge on any atom is 0.123 e. The van der Waals surface area contributed by atoms with Gasteiger partial charge in [-0.15, -0.1) is 0 Å². The normalized spacial score (nSPS) is 19.8. The van der Waals surface area contributed by atoms with Crippen molar-refractivity contribution in [3.8, 4) is 0 Å². The van der Waals surface area contributed by atoms with Crippen LogP contribution in [0, 0.1) is 5.82 Å². The number of likely N-dealkylation sites (N-methyl/N-ethyl adjacent to an activating group) is 1. The Hall–Kier alpha value is -0.930. The predicted molar refractivity (Wildman–Crippen MR) is 77.4 cm³/mol. The highest BCUT2D eigenvalue weighted by Gasteiger charge is 2.43. The minimum Gasteiger partial charge on any atom is -0.322 e. The molecule has 1 aliphatic carbocycles. The van der Waals surface area contributed by atoms with Crippen molar-refractivity contribution in [1.82, 2.24) is 4.90 Å². The summed E-state index contributed by atoms with van der Waals surface area (Å²) in [5.41, 5.74) is 7.68. The van der Waals surface area contributed by atoms with Crippen LogP contribution < -0.4 is 5.73 Å². The van der Waals surface area contributed by atoms with Gasteiger partial charge in [0.05, 0.1) is 0 Å². The van der Waals surface area contributed by atoms with Crippen LogP contribution >= 0.6 is 0 Å². The topological polar surface area (TPSA) is 29.3 Å².